The van der Waals surface area contributed by atoms with E-state index in [0.717, 1.165) is 31.0 Å². The highest BCUT2D eigenvalue weighted by molar-refractivity contribution is 5.95. The van der Waals surface area contributed by atoms with Gasteiger partial charge < -0.3 is 10.2 Å². The quantitative estimate of drug-likeness (QED) is 0.831. The van der Waals surface area contributed by atoms with Gasteiger partial charge in [-0.25, -0.2) is 4.68 Å². The van der Waals surface area contributed by atoms with Crippen molar-refractivity contribution < 1.29 is 9.59 Å². The lowest BCUT2D eigenvalue weighted by Crippen LogP contribution is -2.37. The van der Waals surface area contributed by atoms with E-state index in [2.05, 4.69) is 15.3 Å². The zero-order valence-corrected chi connectivity index (χ0v) is 16.1. The molecular weight excluding hydrogens is 354 g/mol. The summed E-state index contributed by atoms with van der Waals surface area (Å²) >= 11 is 0. The van der Waals surface area contributed by atoms with Crippen LogP contribution in [-0.4, -0.2) is 52.7 Å². The van der Waals surface area contributed by atoms with Gasteiger partial charge in [0.25, 0.3) is 5.91 Å². The zero-order chi connectivity index (χ0) is 19.3. The Morgan fingerprint density at radius 3 is 2.61 bits per heavy atom. The highest BCUT2D eigenvalue weighted by Gasteiger charge is 2.24. The number of piperidine rings is 1. The van der Waals surface area contributed by atoms with E-state index in [-0.39, 0.29) is 11.8 Å². The topological polar surface area (TPSA) is 70.5 Å². The maximum Gasteiger partial charge on any atom is 0.251 e. The Balaban J connectivity index is 1.31. The molecule has 1 fully saturated rings. The van der Waals surface area contributed by atoms with Crippen LogP contribution in [0.3, 0.4) is 0 Å². The van der Waals surface area contributed by atoms with Crippen molar-refractivity contribution in [1.82, 2.24) is 20.0 Å². The minimum Gasteiger partial charge on any atom is -0.351 e. The van der Waals surface area contributed by atoms with E-state index in [0.29, 0.717) is 31.6 Å². The average molecular weight is 381 g/mol. The molecule has 0 atom stereocenters. The van der Waals surface area contributed by atoms with Crippen molar-refractivity contribution in [3.8, 4) is 0 Å². The second-order valence-electron chi connectivity index (χ2n) is 7.50. The van der Waals surface area contributed by atoms with Gasteiger partial charge >= 0.3 is 0 Å². The summed E-state index contributed by atoms with van der Waals surface area (Å²) in [5.74, 6) is 0.888. The summed E-state index contributed by atoms with van der Waals surface area (Å²) in [4.78, 5) is 28.8. The van der Waals surface area contributed by atoms with Crippen LogP contribution in [0.1, 0.15) is 41.6 Å². The Bertz CT molecular complexity index is 824. The molecule has 148 valence electrons. The molecule has 1 aromatic heterocycles. The fraction of sp³-hybridized carbons (Fsp3) is 0.476. The second-order valence-corrected chi connectivity index (χ2v) is 7.50. The molecule has 7 nitrogen and oxygen atoms in total. The molecule has 0 aliphatic carbocycles. The van der Waals surface area contributed by atoms with E-state index in [9.17, 15) is 9.59 Å². The van der Waals surface area contributed by atoms with E-state index in [1.807, 2.05) is 35.0 Å². The Labute approximate surface area is 165 Å². The van der Waals surface area contributed by atoms with Gasteiger partial charge in [0, 0.05) is 31.1 Å². The molecule has 2 aliphatic heterocycles. The third-order valence-corrected chi connectivity index (χ3v) is 5.53. The van der Waals surface area contributed by atoms with Crippen LogP contribution in [0.4, 0.5) is 5.82 Å². The van der Waals surface area contributed by atoms with E-state index < -0.39 is 0 Å². The lowest BCUT2D eigenvalue weighted by atomic mass is 10.1. The summed E-state index contributed by atoms with van der Waals surface area (Å²) in [6.45, 7) is 4.98. The Morgan fingerprint density at radius 1 is 1.04 bits per heavy atom. The molecule has 0 unspecified atom stereocenters. The van der Waals surface area contributed by atoms with Gasteiger partial charge in [-0.3, -0.25) is 14.5 Å². The van der Waals surface area contributed by atoms with Gasteiger partial charge in [0.05, 0.1) is 19.3 Å². The Kier molecular flexibility index (Phi) is 5.71. The SMILES string of the molecule is O=C(NCCN1CCCCC1)c1ccc(CN2C(=O)CCn3nccc32)cc1. The minimum atomic E-state index is -0.0457. The van der Waals surface area contributed by atoms with Gasteiger partial charge in [0.15, 0.2) is 0 Å². The van der Waals surface area contributed by atoms with Crippen molar-refractivity contribution in [2.75, 3.05) is 31.1 Å². The van der Waals surface area contributed by atoms with Gasteiger partial charge in [-0.2, -0.15) is 5.10 Å². The van der Waals surface area contributed by atoms with E-state index in [1.54, 1.807) is 11.1 Å². The highest BCUT2D eigenvalue weighted by atomic mass is 16.2. The van der Waals surface area contributed by atoms with Crippen LogP contribution in [0, 0.1) is 0 Å². The van der Waals surface area contributed by atoms with Crippen LogP contribution < -0.4 is 10.2 Å². The van der Waals surface area contributed by atoms with Crippen molar-refractivity contribution in [1.29, 1.82) is 0 Å². The molecule has 1 N–H and O–H groups in total. The number of hydrogen-bond acceptors (Lipinski definition) is 4. The monoisotopic (exact) mass is 381 g/mol. The van der Waals surface area contributed by atoms with E-state index >= 15 is 0 Å². The molecule has 0 saturated carbocycles. The first-order valence-corrected chi connectivity index (χ1v) is 10.1. The maximum atomic E-state index is 12.4. The van der Waals surface area contributed by atoms with Gasteiger partial charge in [-0.15, -0.1) is 0 Å². The van der Waals surface area contributed by atoms with Crippen LogP contribution in [0.25, 0.3) is 0 Å². The number of amides is 2. The first-order chi connectivity index (χ1) is 13.7. The molecule has 1 saturated heterocycles. The largest absolute Gasteiger partial charge is 0.351 e. The summed E-state index contributed by atoms with van der Waals surface area (Å²) in [6, 6.07) is 9.36. The fourth-order valence-electron chi connectivity index (χ4n) is 3.92. The summed E-state index contributed by atoms with van der Waals surface area (Å²) in [5, 5.41) is 7.26. The number of nitrogens with one attached hydrogen (secondary N) is 1. The number of fused-ring (bicyclic) bond motifs is 1. The van der Waals surface area contributed by atoms with Gasteiger partial charge in [0.1, 0.15) is 5.82 Å². The predicted octanol–water partition coefficient (Wildman–Crippen LogP) is 2.04. The fourth-order valence-corrected chi connectivity index (χ4v) is 3.92. The van der Waals surface area contributed by atoms with Crippen LogP contribution in [0.15, 0.2) is 36.5 Å². The van der Waals surface area contributed by atoms with Crippen LogP contribution in [0.5, 0.6) is 0 Å². The van der Waals surface area contributed by atoms with Crippen LogP contribution in [0.2, 0.25) is 0 Å². The van der Waals surface area contributed by atoms with E-state index in [4.69, 9.17) is 0 Å². The summed E-state index contributed by atoms with van der Waals surface area (Å²) in [6.07, 6.45) is 6.02. The molecular formula is C21H27N5O2. The minimum absolute atomic E-state index is 0.0457. The summed E-state index contributed by atoms with van der Waals surface area (Å²) in [5.41, 5.74) is 1.64. The van der Waals surface area contributed by atoms with Crippen molar-refractivity contribution in [3.63, 3.8) is 0 Å². The number of anilines is 1. The molecule has 0 bridgehead atoms. The Hall–Kier alpha value is -2.67. The molecule has 28 heavy (non-hydrogen) atoms. The lowest BCUT2D eigenvalue weighted by molar-refractivity contribution is -0.119. The number of carbonyl (C=O) groups is 2. The molecule has 3 heterocycles. The highest BCUT2D eigenvalue weighted by Crippen LogP contribution is 2.23. The molecule has 4 rings (SSSR count). The van der Waals surface area contributed by atoms with Crippen LogP contribution in [-0.2, 0) is 17.9 Å². The normalized spacial score (nSPS) is 17.4. The molecule has 0 spiro atoms. The Morgan fingerprint density at radius 2 is 1.82 bits per heavy atom. The number of hydrogen-bond donors (Lipinski definition) is 1. The maximum absolute atomic E-state index is 12.4. The first kappa shape index (κ1) is 18.7. The molecule has 2 aliphatic rings. The number of nitrogens with zero attached hydrogens (tertiary/aromatic N) is 4. The summed E-state index contributed by atoms with van der Waals surface area (Å²) in [7, 11) is 0. The average Bonchev–Trinajstić information content (AvgIpc) is 3.20. The molecule has 2 aromatic rings. The first-order valence-electron chi connectivity index (χ1n) is 10.1. The van der Waals surface area contributed by atoms with Gasteiger partial charge in [-0.1, -0.05) is 18.6 Å². The van der Waals surface area contributed by atoms with Crippen molar-refractivity contribution in [2.45, 2.75) is 38.8 Å². The van der Waals surface area contributed by atoms with Crippen molar-refractivity contribution in [3.05, 3.63) is 47.7 Å². The number of aromatic nitrogens is 2. The number of carbonyl (C=O) groups excluding carboxylic acids is 2. The zero-order valence-electron chi connectivity index (χ0n) is 16.1. The number of benzene rings is 1. The van der Waals surface area contributed by atoms with Crippen molar-refractivity contribution >= 4 is 17.6 Å². The van der Waals surface area contributed by atoms with Gasteiger partial charge in [0.2, 0.25) is 5.91 Å². The van der Waals surface area contributed by atoms with Crippen LogP contribution >= 0.6 is 0 Å². The predicted molar refractivity (Wildman–Crippen MR) is 107 cm³/mol. The summed E-state index contributed by atoms with van der Waals surface area (Å²) < 4.78 is 1.85. The third-order valence-electron chi connectivity index (χ3n) is 5.53. The molecule has 7 heteroatoms. The molecule has 1 aromatic carbocycles. The second kappa shape index (κ2) is 8.56. The number of rotatable bonds is 6. The van der Waals surface area contributed by atoms with Crippen molar-refractivity contribution in [2.24, 2.45) is 0 Å². The number of likely N-dealkylation sites (tertiary alicyclic amines) is 1. The lowest BCUT2D eigenvalue weighted by Gasteiger charge is -2.27. The molecule has 0 radical (unpaired) electrons. The third kappa shape index (κ3) is 4.25. The molecule has 2 amide bonds. The van der Waals surface area contributed by atoms with E-state index in [1.165, 1.54) is 19.3 Å². The number of aryl methyl sites for hydroxylation is 1. The smallest absolute Gasteiger partial charge is 0.251 e. The standard InChI is InChI=1S/C21H27N5O2/c27-20-9-14-26-19(8-10-23-26)25(20)16-17-4-6-18(7-5-17)21(28)22-11-15-24-12-2-1-3-13-24/h4-8,10H,1-3,9,11-16H2,(H,22,28). The van der Waals surface area contributed by atoms with Gasteiger partial charge in [-0.05, 0) is 43.6 Å².